The van der Waals surface area contributed by atoms with Crippen molar-refractivity contribution in [2.45, 2.75) is 52.0 Å². The first-order chi connectivity index (χ1) is 10.0. The Balaban J connectivity index is 2.58. The molecular formula is C16H23NO4. The lowest BCUT2D eigenvalue weighted by Gasteiger charge is -2.26. The maximum Gasteiger partial charge on any atom is 0.340 e. The number of hydrogen-bond acceptors (Lipinski definition) is 4. The first kappa shape index (κ1) is 15.6. The fraction of sp³-hybridized carbons (Fsp3) is 0.625. The third-order valence-electron chi connectivity index (χ3n) is 4.42. The van der Waals surface area contributed by atoms with Crippen molar-refractivity contribution in [1.82, 2.24) is 4.57 Å². The van der Waals surface area contributed by atoms with Gasteiger partial charge in [-0.2, -0.15) is 0 Å². The molecule has 2 rings (SSSR count). The van der Waals surface area contributed by atoms with Crippen molar-refractivity contribution in [1.29, 1.82) is 0 Å². The molecule has 1 fully saturated rings. The highest BCUT2D eigenvalue weighted by atomic mass is 16.5. The summed E-state index contributed by atoms with van der Waals surface area (Å²) in [4.78, 5) is 24.2. The summed E-state index contributed by atoms with van der Waals surface area (Å²) in [5.74, 6) is -0.962. The van der Waals surface area contributed by atoms with E-state index in [9.17, 15) is 9.59 Å². The van der Waals surface area contributed by atoms with Gasteiger partial charge in [0.1, 0.15) is 0 Å². The van der Waals surface area contributed by atoms with Crippen molar-refractivity contribution in [2.24, 2.45) is 0 Å². The molecule has 0 unspecified atom stereocenters. The number of hydrogen-bond donors (Lipinski definition) is 0. The first-order valence-electron chi connectivity index (χ1n) is 7.40. The minimum Gasteiger partial charge on any atom is -0.465 e. The Hall–Kier alpha value is -1.78. The molecule has 0 N–H and O–H groups in total. The van der Waals surface area contributed by atoms with Gasteiger partial charge in [0.2, 0.25) is 0 Å². The summed E-state index contributed by atoms with van der Waals surface area (Å²) in [6.45, 7) is 3.75. The second kappa shape index (κ2) is 6.33. The number of carbonyl (C=O) groups is 2. The van der Waals surface area contributed by atoms with Crippen LogP contribution < -0.4 is 0 Å². The number of methoxy groups -OCH3 is 2. The van der Waals surface area contributed by atoms with Gasteiger partial charge in [-0.1, -0.05) is 19.3 Å². The van der Waals surface area contributed by atoms with Crippen LogP contribution >= 0.6 is 0 Å². The van der Waals surface area contributed by atoms with Gasteiger partial charge < -0.3 is 14.0 Å². The van der Waals surface area contributed by atoms with Gasteiger partial charge in [0.15, 0.2) is 0 Å². The molecule has 0 atom stereocenters. The minimum absolute atomic E-state index is 0.340. The summed E-state index contributed by atoms with van der Waals surface area (Å²) in [6.07, 6.45) is 5.78. The molecule has 5 heteroatoms. The fourth-order valence-electron chi connectivity index (χ4n) is 3.44. The predicted molar refractivity (Wildman–Crippen MR) is 78.7 cm³/mol. The van der Waals surface area contributed by atoms with Crippen LogP contribution in [-0.4, -0.2) is 30.7 Å². The van der Waals surface area contributed by atoms with Crippen LogP contribution in [-0.2, 0) is 9.47 Å². The smallest absolute Gasteiger partial charge is 0.340 e. The molecule has 1 aromatic rings. The van der Waals surface area contributed by atoms with Gasteiger partial charge >= 0.3 is 11.9 Å². The summed E-state index contributed by atoms with van der Waals surface area (Å²) in [5, 5.41) is 0. The van der Waals surface area contributed by atoms with E-state index in [1.165, 1.54) is 33.5 Å². The van der Waals surface area contributed by atoms with Crippen molar-refractivity contribution >= 4 is 11.9 Å². The largest absolute Gasteiger partial charge is 0.465 e. The van der Waals surface area contributed by atoms with Gasteiger partial charge in [-0.15, -0.1) is 0 Å². The molecule has 0 radical (unpaired) electrons. The average molecular weight is 293 g/mol. The van der Waals surface area contributed by atoms with Crippen LogP contribution in [0.1, 0.15) is 70.2 Å². The van der Waals surface area contributed by atoms with E-state index in [-0.39, 0.29) is 0 Å². The molecule has 0 bridgehead atoms. The molecule has 116 valence electrons. The van der Waals surface area contributed by atoms with Gasteiger partial charge in [-0.05, 0) is 26.7 Å². The Morgan fingerprint density at radius 2 is 1.33 bits per heavy atom. The molecule has 1 aromatic heterocycles. The Morgan fingerprint density at radius 1 is 0.905 bits per heavy atom. The standard InChI is InChI=1S/C16H23NO4/c1-10-13(15(18)20-3)14(16(19)21-4)11(2)17(10)12-8-6-5-7-9-12/h12H,5-9H2,1-4H3. The average Bonchev–Trinajstić information content (AvgIpc) is 2.77. The zero-order valence-electron chi connectivity index (χ0n) is 13.2. The van der Waals surface area contributed by atoms with E-state index in [2.05, 4.69) is 4.57 Å². The highest BCUT2D eigenvalue weighted by molar-refractivity contribution is 6.05. The van der Waals surface area contributed by atoms with Crippen molar-refractivity contribution in [2.75, 3.05) is 14.2 Å². The summed E-state index contributed by atoms with van der Waals surface area (Å²) in [5.41, 5.74) is 2.28. The molecular weight excluding hydrogens is 270 g/mol. The summed E-state index contributed by atoms with van der Waals surface area (Å²) < 4.78 is 11.8. The van der Waals surface area contributed by atoms with Crippen LogP contribution in [0.5, 0.6) is 0 Å². The van der Waals surface area contributed by atoms with E-state index < -0.39 is 11.9 Å². The summed E-state index contributed by atoms with van der Waals surface area (Å²) in [7, 11) is 2.66. The molecule has 1 aliphatic rings. The van der Waals surface area contributed by atoms with Gasteiger partial charge in [-0.3, -0.25) is 0 Å². The highest BCUT2D eigenvalue weighted by Crippen LogP contribution is 2.34. The Labute approximate surface area is 125 Å². The number of rotatable bonds is 3. The molecule has 0 saturated heterocycles. The van der Waals surface area contributed by atoms with E-state index in [1.807, 2.05) is 13.8 Å². The highest BCUT2D eigenvalue weighted by Gasteiger charge is 2.31. The Kier molecular flexibility index (Phi) is 4.70. The second-order valence-corrected chi connectivity index (χ2v) is 5.57. The SMILES string of the molecule is COC(=O)c1c(C(=O)OC)c(C)n(C2CCCCC2)c1C. The third kappa shape index (κ3) is 2.69. The molecule has 0 amide bonds. The second-order valence-electron chi connectivity index (χ2n) is 5.57. The van der Waals surface area contributed by atoms with E-state index >= 15 is 0 Å². The van der Waals surface area contributed by atoms with Crippen LogP contribution in [0.3, 0.4) is 0 Å². The zero-order valence-corrected chi connectivity index (χ0v) is 13.2. The van der Waals surface area contributed by atoms with Gasteiger partial charge in [-0.25, -0.2) is 9.59 Å². The van der Waals surface area contributed by atoms with Crippen LogP contribution in [0.2, 0.25) is 0 Å². The molecule has 0 aromatic carbocycles. The Morgan fingerprint density at radius 3 is 1.71 bits per heavy atom. The normalized spacial score (nSPS) is 15.8. The third-order valence-corrected chi connectivity index (χ3v) is 4.42. The number of esters is 2. The zero-order chi connectivity index (χ0) is 15.6. The van der Waals surface area contributed by atoms with Crippen molar-refractivity contribution < 1.29 is 19.1 Å². The van der Waals surface area contributed by atoms with Crippen LogP contribution in [0, 0.1) is 13.8 Å². The van der Waals surface area contributed by atoms with E-state index in [1.54, 1.807) is 0 Å². The van der Waals surface area contributed by atoms with E-state index in [0.29, 0.717) is 17.2 Å². The van der Waals surface area contributed by atoms with Crippen molar-refractivity contribution in [3.05, 3.63) is 22.5 Å². The molecule has 1 aliphatic carbocycles. The number of carbonyl (C=O) groups excluding carboxylic acids is 2. The maximum absolute atomic E-state index is 12.1. The molecule has 1 saturated carbocycles. The quantitative estimate of drug-likeness (QED) is 0.803. The van der Waals surface area contributed by atoms with Crippen LogP contribution in [0.4, 0.5) is 0 Å². The van der Waals surface area contributed by atoms with E-state index in [4.69, 9.17) is 9.47 Å². The number of nitrogens with zero attached hydrogens (tertiary/aromatic N) is 1. The summed E-state index contributed by atoms with van der Waals surface area (Å²) >= 11 is 0. The predicted octanol–water partition coefficient (Wildman–Crippen LogP) is 3.18. The molecule has 1 heterocycles. The lowest BCUT2D eigenvalue weighted by Crippen LogP contribution is -2.16. The lowest BCUT2D eigenvalue weighted by atomic mass is 9.95. The Bertz CT molecular complexity index is 514. The van der Waals surface area contributed by atoms with Crippen LogP contribution in [0.25, 0.3) is 0 Å². The van der Waals surface area contributed by atoms with Crippen LogP contribution in [0.15, 0.2) is 0 Å². The van der Waals surface area contributed by atoms with Crippen molar-refractivity contribution in [3.8, 4) is 0 Å². The fourth-order valence-corrected chi connectivity index (χ4v) is 3.44. The van der Waals surface area contributed by atoms with Gasteiger partial charge in [0, 0.05) is 17.4 Å². The molecule has 0 spiro atoms. The maximum atomic E-state index is 12.1. The number of aromatic nitrogens is 1. The molecule has 21 heavy (non-hydrogen) atoms. The summed E-state index contributed by atoms with van der Waals surface area (Å²) in [6, 6.07) is 0.348. The molecule has 5 nitrogen and oxygen atoms in total. The minimum atomic E-state index is -0.481. The monoisotopic (exact) mass is 293 g/mol. The lowest BCUT2D eigenvalue weighted by molar-refractivity contribution is 0.0555. The van der Waals surface area contributed by atoms with E-state index in [0.717, 1.165) is 24.2 Å². The molecule has 0 aliphatic heterocycles. The van der Waals surface area contributed by atoms with Gasteiger partial charge in [0.25, 0.3) is 0 Å². The number of ether oxygens (including phenoxy) is 2. The first-order valence-corrected chi connectivity index (χ1v) is 7.40. The van der Waals surface area contributed by atoms with Gasteiger partial charge in [0.05, 0.1) is 25.3 Å². The van der Waals surface area contributed by atoms with Crippen molar-refractivity contribution in [3.63, 3.8) is 0 Å². The topological polar surface area (TPSA) is 57.5 Å².